The summed E-state index contributed by atoms with van der Waals surface area (Å²) in [6.07, 6.45) is 4.91. The highest BCUT2D eigenvalue weighted by Gasteiger charge is 2.30. The van der Waals surface area contributed by atoms with E-state index in [1.807, 2.05) is 20.2 Å². The quantitative estimate of drug-likeness (QED) is 0.660. The van der Waals surface area contributed by atoms with E-state index < -0.39 is 0 Å². The summed E-state index contributed by atoms with van der Waals surface area (Å²) < 4.78 is 2.13. The highest BCUT2D eigenvalue weighted by atomic mass is 15.0. The van der Waals surface area contributed by atoms with Gasteiger partial charge in [0.1, 0.15) is 17.3 Å². The molecule has 1 aliphatic carbocycles. The summed E-state index contributed by atoms with van der Waals surface area (Å²) in [5.74, 6) is 2.18. The lowest BCUT2D eigenvalue weighted by Gasteiger charge is -2.13. The van der Waals surface area contributed by atoms with Gasteiger partial charge in [0.15, 0.2) is 11.5 Å². The summed E-state index contributed by atoms with van der Waals surface area (Å²) in [6, 6.07) is 4.51. The summed E-state index contributed by atoms with van der Waals surface area (Å²) in [5, 5.41) is 0. The van der Waals surface area contributed by atoms with Crippen LogP contribution in [0.1, 0.15) is 45.4 Å². The van der Waals surface area contributed by atoms with Gasteiger partial charge < -0.3 is 0 Å². The Hall–Kier alpha value is -2.95. The Kier molecular flexibility index (Phi) is 4.10. The van der Waals surface area contributed by atoms with Crippen LogP contribution in [0, 0.1) is 34.6 Å². The van der Waals surface area contributed by atoms with Gasteiger partial charge in [-0.1, -0.05) is 17.7 Å². The third kappa shape index (κ3) is 2.93. The molecule has 0 saturated heterocycles. The van der Waals surface area contributed by atoms with E-state index >= 15 is 0 Å². The fraction of sp³-hybridized carbons (Fsp3) is 0.318. The lowest BCUT2D eigenvalue weighted by atomic mass is 9.94. The number of benzene rings is 1. The number of hydrogen-bond donors (Lipinski definition) is 0. The van der Waals surface area contributed by atoms with Crippen LogP contribution in [-0.2, 0) is 13.5 Å². The first kappa shape index (κ1) is 17.5. The average molecular weight is 358 g/mol. The smallest absolute Gasteiger partial charge is 0.232 e. The molecule has 3 aromatic rings. The maximum atomic E-state index is 4.73. The van der Waals surface area contributed by atoms with Crippen molar-refractivity contribution in [1.82, 2.24) is 19.9 Å². The van der Waals surface area contributed by atoms with Gasteiger partial charge in [-0.05, 0) is 56.8 Å². The largest absolute Gasteiger partial charge is 0.287 e. The molecule has 0 atom stereocenters. The molecule has 0 bridgehead atoms. The Labute approximate surface area is 159 Å². The first-order chi connectivity index (χ1) is 12.8. The van der Waals surface area contributed by atoms with E-state index in [0.29, 0.717) is 5.82 Å². The van der Waals surface area contributed by atoms with Gasteiger partial charge in [-0.3, -0.25) is 0 Å². The van der Waals surface area contributed by atoms with Crippen molar-refractivity contribution in [3.05, 3.63) is 70.0 Å². The molecule has 1 aliphatic rings. The van der Waals surface area contributed by atoms with Gasteiger partial charge in [-0.15, -0.1) is 0 Å². The van der Waals surface area contributed by atoms with Crippen LogP contribution in [0.5, 0.6) is 0 Å². The van der Waals surface area contributed by atoms with Crippen LogP contribution < -0.4 is 4.57 Å². The normalized spacial score (nSPS) is 12.9. The second-order valence-electron chi connectivity index (χ2n) is 7.36. The lowest BCUT2D eigenvalue weighted by molar-refractivity contribution is -0.663. The van der Waals surface area contributed by atoms with Crippen molar-refractivity contribution in [1.29, 1.82) is 0 Å². The van der Waals surface area contributed by atoms with Gasteiger partial charge in [0.25, 0.3) is 6.33 Å². The van der Waals surface area contributed by atoms with E-state index in [1.54, 1.807) is 0 Å². The van der Waals surface area contributed by atoms with Gasteiger partial charge in [-0.25, -0.2) is 19.5 Å². The monoisotopic (exact) mass is 358 g/mol. The second kappa shape index (κ2) is 6.34. The number of aromatic nitrogens is 5. The lowest BCUT2D eigenvalue weighted by Crippen LogP contribution is -2.33. The number of nitrogens with zero attached hydrogens (tertiary/aromatic N) is 5. The predicted molar refractivity (Wildman–Crippen MR) is 105 cm³/mol. The summed E-state index contributed by atoms with van der Waals surface area (Å²) in [5.41, 5.74) is 9.60. The molecule has 0 saturated carbocycles. The molecule has 0 N–H and O–H groups in total. The molecule has 2 aromatic heterocycles. The number of hydrogen-bond acceptors (Lipinski definition) is 4. The van der Waals surface area contributed by atoms with Crippen LogP contribution in [-0.4, -0.2) is 19.9 Å². The minimum absolute atomic E-state index is 0.711. The molecule has 27 heavy (non-hydrogen) atoms. The van der Waals surface area contributed by atoms with Crippen LogP contribution in [0.25, 0.3) is 16.8 Å². The van der Waals surface area contributed by atoms with E-state index in [0.717, 1.165) is 29.3 Å². The van der Waals surface area contributed by atoms with Crippen LogP contribution >= 0.6 is 0 Å². The van der Waals surface area contributed by atoms with Crippen LogP contribution in [0.15, 0.2) is 24.5 Å². The topological polar surface area (TPSA) is 55.4 Å². The highest BCUT2D eigenvalue weighted by molar-refractivity contribution is 5.83. The maximum Gasteiger partial charge on any atom is 0.287 e. The number of aryl methyl sites for hydroxylation is 5. The molecule has 0 radical (unpaired) electrons. The third-order valence-corrected chi connectivity index (χ3v) is 5.22. The molecule has 0 aliphatic heterocycles. The summed E-state index contributed by atoms with van der Waals surface area (Å²) >= 11 is 0. The second-order valence-corrected chi connectivity index (χ2v) is 7.36. The Morgan fingerprint density at radius 1 is 0.926 bits per heavy atom. The Morgan fingerprint density at radius 3 is 2.33 bits per heavy atom. The van der Waals surface area contributed by atoms with Gasteiger partial charge in [0, 0.05) is 12.0 Å². The Balaban J connectivity index is 1.92. The average Bonchev–Trinajstić information content (AvgIpc) is 3.01. The van der Waals surface area contributed by atoms with Gasteiger partial charge in [0.2, 0.25) is 0 Å². The minimum Gasteiger partial charge on any atom is -0.232 e. The van der Waals surface area contributed by atoms with Crippen molar-refractivity contribution in [3.8, 4) is 11.3 Å². The zero-order valence-electron chi connectivity index (χ0n) is 16.8. The molecule has 0 unspecified atom stereocenters. The molecular weight excluding hydrogens is 334 g/mol. The molecule has 5 heteroatoms. The number of allylic oxidation sites excluding steroid dienone is 1. The zero-order chi connectivity index (χ0) is 19.3. The standard InChI is InChI=1S/C22H24N5/c1-12-9-13(2)14(3)19(10-12)21-17-7-8-18(20(17)23-11-27(21)6)22-25-15(4)24-16(5)26-22/h8-11H,7H2,1-6H3/q+1. The molecule has 5 nitrogen and oxygen atoms in total. The maximum absolute atomic E-state index is 4.73. The predicted octanol–water partition coefficient (Wildman–Crippen LogP) is 3.29. The number of fused-ring (bicyclic) bond motifs is 1. The third-order valence-electron chi connectivity index (χ3n) is 5.22. The summed E-state index contributed by atoms with van der Waals surface area (Å²) in [4.78, 5) is 18.1. The summed E-state index contributed by atoms with van der Waals surface area (Å²) in [7, 11) is 2.06. The molecule has 136 valence electrons. The van der Waals surface area contributed by atoms with Crippen LogP contribution in [0.2, 0.25) is 0 Å². The van der Waals surface area contributed by atoms with E-state index in [2.05, 4.69) is 65.5 Å². The molecular formula is C22H24N5+. The van der Waals surface area contributed by atoms with E-state index in [-0.39, 0.29) is 0 Å². The fourth-order valence-corrected chi connectivity index (χ4v) is 3.90. The zero-order valence-corrected chi connectivity index (χ0v) is 16.8. The Bertz CT molecular complexity index is 1090. The van der Waals surface area contributed by atoms with E-state index in [1.165, 1.54) is 33.5 Å². The Morgan fingerprint density at radius 2 is 1.63 bits per heavy atom. The molecule has 1 aromatic carbocycles. The minimum atomic E-state index is 0.711. The van der Waals surface area contributed by atoms with Crippen molar-refractivity contribution in [2.45, 2.75) is 41.0 Å². The molecule has 0 fully saturated rings. The molecule has 0 spiro atoms. The molecule has 0 amide bonds. The first-order valence-corrected chi connectivity index (χ1v) is 9.21. The van der Waals surface area contributed by atoms with Gasteiger partial charge in [0.05, 0.1) is 18.2 Å². The fourth-order valence-electron chi connectivity index (χ4n) is 3.90. The summed E-state index contributed by atoms with van der Waals surface area (Å²) in [6.45, 7) is 10.3. The number of rotatable bonds is 2. The van der Waals surface area contributed by atoms with Crippen molar-refractivity contribution in [2.24, 2.45) is 7.05 Å². The van der Waals surface area contributed by atoms with Gasteiger partial charge >= 0.3 is 0 Å². The van der Waals surface area contributed by atoms with Crippen molar-refractivity contribution in [3.63, 3.8) is 0 Å². The van der Waals surface area contributed by atoms with Crippen LogP contribution in [0.4, 0.5) is 0 Å². The van der Waals surface area contributed by atoms with E-state index in [9.17, 15) is 0 Å². The van der Waals surface area contributed by atoms with E-state index in [4.69, 9.17) is 4.98 Å². The van der Waals surface area contributed by atoms with Crippen LogP contribution in [0.3, 0.4) is 0 Å². The van der Waals surface area contributed by atoms with Crippen molar-refractivity contribution < 1.29 is 4.57 Å². The SMILES string of the molecule is Cc1cc(C)c(C)c(-c2c3c(nc[n+]2C)C(c2nc(C)nc(C)n2)=CC3)c1. The first-order valence-electron chi connectivity index (χ1n) is 9.21. The van der Waals surface area contributed by atoms with Gasteiger partial charge in [-0.2, -0.15) is 0 Å². The molecule has 4 rings (SSSR count). The molecule has 2 heterocycles. The van der Waals surface area contributed by atoms with Crippen molar-refractivity contribution >= 4 is 5.57 Å². The highest BCUT2D eigenvalue weighted by Crippen LogP contribution is 2.35. The van der Waals surface area contributed by atoms with Crippen molar-refractivity contribution in [2.75, 3.05) is 0 Å².